The maximum atomic E-state index is 5.79. The van der Waals surface area contributed by atoms with Gasteiger partial charge in [-0.15, -0.1) is 0 Å². The molecule has 0 aliphatic carbocycles. The highest BCUT2D eigenvalue weighted by molar-refractivity contribution is 5.95. The molecule has 0 spiro atoms. The zero-order valence-electron chi connectivity index (χ0n) is 9.71. The first-order chi connectivity index (χ1) is 8.75. The van der Waals surface area contributed by atoms with Crippen molar-refractivity contribution in [2.45, 2.75) is 13.0 Å². The van der Waals surface area contributed by atoms with Crippen LogP contribution in [0.5, 0.6) is 0 Å². The molecule has 1 atom stereocenters. The van der Waals surface area contributed by atoms with Crippen molar-refractivity contribution in [1.82, 2.24) is 20.3 Å². The lowest BCUT2D eigenvalue weighted by Crippen LogP contribution is -2.08. The summed E-state index contributed by atoms with van der Waals surface area (Å²) in [5.74, 6) is 0.844. The molecule has 0 saturated heterocycles. The summed E-state index contributed by atoms with van der Waals surface area (Å²) in [7, 11) is 0. The van der Waals surface area contributed by atoms with Crippen LogP contribution in [0, 0.1) is 0 Å². The molecular weight excluding hydrogens is 232 g/mol. The van der Waals surface area contributed by atoms with Crippen molar-refractivity contribution in [3.05, 3.63) is 30.4 Å². The minimum atomic E-state index is 0.0172. The van der Waals surface area contributed by atoms with Crippen LogP contribution < -0.4 is 11.1 Å². The van der Waals surface area contributed by atoms with E-state index in [0.717, 1.165) is 11.5 Å². The average molecular weight is 244 g/mol. The second-order valence-electron chi connectivity index (χ2n) is 4.00. The van der Waals surface area contributed by atoms with Crippen LogP contribution in [0.25, 0.3) is 11.0 Å². The number of nitrogens with zero attached hydrogens (tertiary/aromatic N) is 3. The van der Waals surface area contributed by atoms with Crippen LogP contribution >= 0.6 is 0 Å². The third-order valence-electron chi connectivity index (χ3n) is 2.75. The molecule has 0 radical (unpaired) electrons. The van der Waals surface area contributed by atoms with Crippen LogP contribution in [-0.4, -0.2) is 20.3 Å². The number of benzene rings is 1. The summed E-state index contributed by atoms with van der Waals surface area (Å²) < 4.78 is 4.72. The Bertz CT molecular complexity index is 659. The second-order valence-corrected chi connectivity index (χ2v) is 4.00. The number of fused-ring (bicyclic) bond motifs is 1. The predicted molar refractivity (Wildman–Crippen MR) is 66.8 cm³/mol. The zero-order chi connectivity index (χ0) is 12.5. The lowest BCUT2D eigenvalue weighted by atomic mass is 10.2. The van der Waals surface area contributed by atoms with Crippen molar-refractivity contribution >= 4 is 22.4 Å². The Balaban J connectivity index is 1.96. The van der Waals surface area contributed by atoms with E-state index in [2.05, 4.69) is 25.6 Å². The summed E-state index contributed by atoms with van der Waals surface area (Å²) in [6, 6.07) is 3.63. The van der Waals surface area contributed by atoms with Gasteiger partial charge >= 0.3 is 0 Å². The van der Waals surface area contributed by atoms with Crippen molar-refractivity contribution in [2.24, 2.45) is 0 Å². The van der Waals surface area contributed by atoms with Gasteiger partial charge in [-0.3, -0.25) is 0 Å². The molecule has 2 heterocycles. The van der Waals surface area contributed by atoms with Crippen LogP contribution in [0.2, 0.25) is 0 Å². The van der Waals surface area contributed by atoms with E-state index in [1.165, 1.54) is 0 Å². The Labute approximate surface area is 102 Å². The first-order valence-corrected chi connectivity index (χ1v) is 5.52. The van der Waals surface area contributed by atoms with Crippen LogP contribution in [0.1, 0.15) is 18.8 Å². The summed E-state index contributed by atoms with van der Waals surface area (Å²) >= 11 is 0. The van der Waals surface area contributed by atoms with Gasteiger partial charge in [0.2, 0.25) is 0 Å². The van der Waals surface area contributed by atoms with Gasteiger partial charge in [-0.2, -0.15) is 0 Å². The van der Waals surface area contributed by atoms with E-state index in [1.54, 1.807) is 18.5 Å². The van der Waals surface area contributed by atoms with Crippen LogP contribution in [0.3, 0.4) is 0 Å². The standard InChI is InChI=1S/C11H12N6O/c1-6(11-13-4-5-14-11)15-8-3-2-7(12)9-10(8)17-18-16-9/h2-6,15H,12H2,1H3,(H,13,14). The molecule has 0 aliphatic rings. The van der Waals surface area contributed by atoms with Crippen molar-refractivity contribution in [3.8, 4) is 0 Å². The number of rotatable bonds is 3. The molecule has 7 heteroatoms. The molecule has 0 aliphatic heterocycles. The Morgan fingerprint density at radius 1 is 1.33 bits per heavy atom. The van der Waals surface area contributed by atoms with Crippen molar-refractivity contribution in [1.29, 1.82) is 0 Å². The molecule has 0 fully saturated rings. The van der Waals surface area contributed by atoms with E-state index >= 15 is 0 Å². The SMILES string of the molecule is CC(Nc1ccc(N)c2nonc12)c1ncc[nH]1. The second kappa shape index (κ2) is 4.02. The fourth-order valence-electron chi connectivity index (χ4n) is 1.82. The molecule has 3 aromatic rings. The number of nitrogens with one attached hydrogen (secondary N) is 2. The lowest BCUT2D eigenvalue weighted by Gasteiger charge is -2.13. The molecule has 2 aromatic heterocycles. The van der Waals surface area contributed by atoms with E-state index in [4.69, 9.17) is 10.4 Å². The normalized spacial score (nSPS) is 12.7. The highest BCUT2D eigenvalue weighted by atomic mass is 16.6. The molecule has 0 saturated carbocycles. The number of aromatic amines is 1. The fourth-order valence-corrected chi connectivity index (χ4v) is 1.82. The number of imidazole rings is 1. The summed E-state index contributed by atoms with van der Waals surface area (Å²) in [4.78, 5) is 7.25. The van der Waals surface area contributed by atoms with Gasteiger partial charge < -0.3 is 16.0 Å². The monoisotopic (exact) mass is 244 g/mol. The maximum absolute atomic E-state index is 5.79. The Kier molecular flexibility index (Phi) is 2.36. The molecule has 1 unspecified atom stereocenters. The van der Waals surface area contributed by atoms with Crippen LogP contribution in [0.15, 0.2) is 29.2 Å². The Morgan fingerprint density at radius 3 is 2.94 bits per heavy atom. The highest BCUT2D eigenvalue weighted by Crippen LogP contribution is 2.27. The number of anilines is 2. The van der Waals surface area contributed by atoms with Gasteiger partial charge in [-0.1, -0.05) is 0 Å². The van der Waals surface area contributed by atoms with Crippen molar-refractivity contribution < 1.29 is 4.63 Å². The minimum Gasteiger partial charge on any atom is -0.397 e. The number of nitrogen functional groups attached to an aromatic ring is 1. The van der Waals surface area contributed by atoms with Crippen LogP contribution in [-0.2, 0) is 0 Å². The number of hydrogen-bond donors (Lipinski definition) is 3. The van der Waals surface area contributed by atoms with E-state index in [-0.39, 0.29) is 6.04 Å². The van der Waals surface area contributed by atoms with Gasteiger partial charge in [0.15, 0.2) is 11.0 Å². The maximum Gasteiger partial charge on any atom is 0.160 e. The highest BCUT2D eigenvalue weighted by Gasteiger charge is 2.13. The Morgan fingerprint density at radius 2 is 2.17 bits per heavy atom. The van der Waals surface area contributed by atoms with E-state index in [9.17, 15) is 0 Å². The molecule has 3 rings (SSSR count). The molecule has 1 aromatic carbocycles. The van der Waals surface area contributed by atoms with Gasteiger partial charge in [0, 0.05) is 12.4 Å². The lowest BCUT2D eigenvalue weighted by molar-refractivity contribution is 0.315. The predicted octanol–water partition coefficient (Wildman–Crippen LogP) is 1.70. The summed E-state index contributed by atoms with van der Waals surface area (Å²) in [6.07, 6.45) is 3.49. The number of H-pyrrole nitrogens is 1. The third-order valence-corrected chi connectivity index (χ3v) is 2.75. The number of nitrogens with two attached hydrogens (primary N) is 1. The summed E-state index contributed by atoms with van der Waals surface area (Å²) in [6.45, 7) is 1.99. The van der Waals surface area contributed by atoms with Gasteiger partial charge in [-0.25, -0.2) is 9.61 Å². The van der Waals surface area contributed by atoms with Crippen LogP contribution in [0.4, 0.5) is 11.4 Å². The largest absolute Gasteiger partial charge is 0.397 e. The number of aromatic nitrogens is 4. The first kappa shape index (κ1) is 10.6. The smallest absolute Gasteiger partial charge is 0.160 e. The quantitative estimate of drug-likeness (QED) is 0.605. The summed E-state index contributed by atoms with van der Waals surface area (Å²) in [5, 5.41) is 10.9. The molecule has 0 bridgehead atoms. The van der Waals surface area contributed by atoms with Gasteiger partial charge in [0.05, 0.1) is 17.4 Å². The van der Waals surface area contributed by atoms with E-state index < -0.39 is 0 Å². The Hall–Kier alpha value is -2.57. The van der Waals surface area contributed by atoms with Crippen molar-refractivity contribution in [2.75, 3.05) is 11.1 Å². The minimum absolute atomic E-state index is 0.0172. The van der Waals surface area contributed by atoms with E-state index in [0.29, 0.717) is 16.7 Å². The van der Waals surface area contributed by atoms with Gasteiger partial charge in [0.1, 0.15) is 5.82 Å². The van der Waals surface area contributed by atoms with Crippen molar-refractivity contribution in [3.63, 3.8) is 0 Å². The topological polar surface area (TPSA) is 106 Å². The molecule has 18 heavy (non-hydrogen) atoms. The molecule has 4 N–H and O–H groups in total. The fraction of sp³-hybridized carbons (Fsp3) is 0.182. The number of hydrogen-bond acceptors (Lipinski definition) is 6. The molecule has 92 valence electrons. The van der Waals surface area contributed by atoms with Gasteiger partial charge in [0.25, 0.3) is 0 Å². The summed E-state index contributed by atoms with van der Waals surface area (Å²) in [5.41, 5.74) is 8.32. The van der Waals surface area contributed by atoms with Gasteiger partial charge in [-0.05, 0) is 29.4 Å². The third kappa shape index (κ3) is 1.65. The van der Waals surface area contributed by atoms with E-state index in [1.807, 2.05) is 13.0 Å². The zero-order valence-corrected chi connectivity index (χ0v) is 9.71. The molecular formula is C11H12N6O. The average Bonchev–Trinajstić information content (AvgIpc) is 3.01. The molecule has 0 amide bonds. The first-order valence-electron chi connectivity index (χ1n) is 5.52. The molecule has 7 nitrogen and oxygen atoms in total.